The van der Waals surface area contributed by atoms with Crippen LogP contribution in [0.3, 0.4) is 0 Å². The molecule has 5 nitrogen and oxygen atoms in total. The number of halogens is 2. The molecule has 0 unspecified atom stereocenters. The average molecular weight is 361 g/mol. The molecule has 0 spiro atoms. The van der Waals surface area contributed by atoms with Gasteiger partial charge in [0.25, 0.3) is 0 Å². The number of ether oxygens (including phenoxy) is 2. The minimum absolute atomic E-state index is 0.127. The van der Waals surface area contributed by atoms with Gasteiger partial charge in [-0.15, -0.1) is 0 Å². The SMILES string of the molecule is COC(=O)[C@H](CSCc1cccc(F)c1F)NC(=O)OC(C)(C)C. The van der Waals surface area contributed by atoms with E-state index >= 15 is 0 Å². The number of rotatable bonds is 6. The van der Waals surface area contributed by atoms with Crippen molar-refractivity contribution < 1.29 is 27.8 Å². The predicted octanol–water partition coefficient (Wildman–Crippen LogP) is 3.26. The van der Waals surface area contributed by atoms with Crippen molar-refractivity contribution in [2.45, 2.75) is 38.2 Å². The summed E-state index contributed by atoms with van der Waals surface area (Å²) < 4.78 is 36.4. The zero-order valence-corrected chi connectivity index (χ0v) is 14.8. The first-order chi connectivity index (χ1) is 11.1. The molecular weight excluding hydrogens is 340 g/mol. The number of benzene rings is 1. The lowest BCUT2D eigenvalue weighted by Gasteiger charge is -2.22. The van der Waals surface area contributed by atoms with Crippen molar-refractivity contribution in [3.63, 3.8) is 0 Å². The summed E-state index contributed by atoms with van der Waals surface area (Å²) in [6.45, 7) is 5.09. The Bertz CT molecular complexity index is 590. The highest BCUT2D eigenvalue weighted by molar-refractivity contribution is 7.98. The molecule has 1 rings (SSSR count). The van der Waals surface area contributed by atoms with Crippen LogP contribution >= 0.6 is 11.8 Å². The number of hydrogen-bond acceptors (Lipinski definition) is 5. The van der Waals surface area contributed by atoms with Crippen LogP contribution < -0.4 is 5.32 Å². The van der Waals surface area contributed by atoms with Gasteiger partial charge in [0.05, 0.1) is 7.11 Å². The van der Waals surface area contributed by atoms with Crippen LogP contribution in [0.5, 0.6) is 0 Å². The molecule has 0 fully saturated rings. The Morgan fingerprint density at radius 1 is 1.29 bits per heavy atom. The van der Waals surface area contributed by atoms with Crippen LogP contribution in [0.4, 0.5) is 13.6 Å². The van der Waals surface area contributed by atoms with Gasteiger partial charge in [0.15, 0.2) is 11.6 Å². The summed E-state index contributed by atoms with van der Waals surface area (Å²) >= 11 is 1.16. The highest BCUT2D eigenvalue weighted by atomic mass is 32.2. The zero-order valence-electron chi connectivity index (χ0n) is 14.0. The van der Waals surface area contributed by atoms with Gasteiger partial charge in [-0.25, -0.2) is 18.4 Å². The maximum atomic E-state index is 13.6. The third kappa shape index (κ3) is 6.74. The number of esters is 1. The Labute approximate surface area is 144 Å². The highest BCUT2D eigenvalue weighted by Crippen LogP contribution is 2.19. The van der Waals surface area contributed by atoms with Crippen molar-refractivity contribution in [3.05, 3.63) is 35.4 Å². The summed E-state index contributed by atoms with van der Waals surface area (Å²) in [5, 5.41) is 2.41. The van der Waals surface area contributed by atoms with Gasteiger partial charge in [0, 0.05) is 17.1 Å². The maximum absolute atomic E-state index is 13.6. The number of thioether (sulfide) groups is 1. The molecule has 0 aromatic heterocycles. The van der Waals surface area contributed by atoms with Crippen LogP contribution in [-0.2, 0) is 20.0 Å². The Kier molecular flexibility index (Phi) is 7.47. The van der Waals surface area contributed by atoms with E-state index in [1.807, 2.05) is 0 Å². The Hall–Kier alpha value is -1.83. The van der Waals surface area contributed by atoms with E-state index in [2.05, 4.69) is 10.1 Å². The molecule has 1 aromatic carbocycles. The quantitative estimate of drug-likeness (QED) is 0.788. The second-order valence-corrected chi connectivity index (χ2v) is 6.98. The first-order valence-corrected chi connectivity index (χ1v) is 8.37. The molecule has 0 aliphatic heterocycles. The van der Waals surface area contributed by atoms with Gasteiger partial charge >= 0.3 is 12.1 Å². The average Bonchev–Trinajstić information content (AvgIpc) is 2.47. The first-order valence-electron chi connectivity index (χ1n) is 7.22. The number of methoxy groups -OCH3 is 1. The smallest absolute Gasteiger partial charge is 0.408 e. The minimum Gasteiger partial charge on any atom is -0.467 e. The number of carbonyl (C=O) groups is 2. The lowest BCUT2D eigenvalue weighted by Crippen LogP contribution is -2.45. The molecular formula is C16H21F2NO4S. The van der Waals surface area contributed by atoms with E-state index < -0.39 is 35.3 Å². The third-order valence-electron chi connectivity index (χ3n) is 2.75. The molecule has 1 atom stereocenters. The lowest BCUT2D eigenvalue weighted by atomic mass is 10.2. The molecule has 1 N–H and O–H groups in total. The molecule has 0 radical (unpaired) electrons. The lowest BCUT2D eigenvalue weighted by molar-refractivity contribution is -0.142. The fraction of sp³-hybridized carbons (Fsp3) is 0.500. The van der Waals surface area contributed by atoms with Gasteiger partial charge in [0.2, 0.25) is 0 Å². The van der Waals surface area contributed by atoms with Gasteiger partial charge in [-0.2, -0.15) is 11.8 Å². The van der Waals surface area contributed by atoms with Crippen molar-refractivity contribution in [1.82, 2.24) is 5.32 Å². The van der Waals surface area contributed by atoms with Crippen molar-refractivity contribution in [2.75, 3.05) is 12.9 Å². The maximum Gasteiger partial charge on any atom is 0.408 e. The number of carbonyl (C=O) groups excluding carboxylic acids is 2. The highest BCUT2D eigenvalue weighted by Gasteiger charge is 2.25. The molecule has 0 saturated carbocycles. The molecule has 0 aliphatic carbocycles. The summed E-state index contributed by atoms with van der Waals surface area (Å²) in [6.07, 6.45) is -0.754. The first kappa shape index (κ1) is 20.2. The van der Waals surface area contributed by atoms with Crippen LogP contribution in [0, 0.1) is 11.6 Å². The van der Waals surface area contributed by atoms with E-state index in [9.17, 15) is 18.4 Å². The monoisotopic (exact) mass is 361 g/mol. The molecule has 0 heterocycles. The fourth-order valence-corrected chi connectivity index (χ4v) is 2.72. The molecule has 1 amide bonds. The Morgan fingerprint density at radius 2 is 1.96 bits per heavy atom. The van der Waals surface area contributed by atoms with E-state index in [4.69, 9.17) is 4.74 Å². The van der Waals surface area contributed by atoms with Crippen molar-refractivity contribution in [3.8, 4) is 0 Å². The molecule has 0 bridgehead atoms. The molecule has 134 valence electrons. The van der Waals surface area contributed by atoms with E-state index in [-0.39, 0.29) is 17.1 Å². The summed E-state index contributed by atoms with van der Waals surface area (Å²) in [5.74, 6) is -2.22. The normalized spacial score (nSPS) is 12.4. The standard InChI is InChI=1S/C16H21F2NO4S/c1-16(2,3)23-15(21)19-12(14(20)22-4)9-24-8-10-6-5-7-11(17)13(10)18/h5-7,12H,8-9H2,1-4H3,(H,19,21)/t12-/m0/s1. The van der Waals surface area contributed by atoms with E-state index in [1.54, 1.807) is 20.8 Å². The largest absolute Gasteiger partial charge is 0.467 e. The van der Waals surface area contributed by atoms with Crippen LogP contribution in [0.1, 0.15) is 26.3 Å². The van der Waals surface area contributed by atoms with Gasteiger partial charge in [-0.05, 0) is 26.8 Å². The van der Waals surface area contributed by atoms with Crippen molar-refractivity contribution in [2.24, 2.45) is 0 Å². The van der Waals surface area contributed by atoms with Crippen molar-refractivity contribution >= 4 is 23.8 Å². The fourth-order valence-electron chi connectivity index (χ4n) is 1.71. The van der Waals surface area contributed by atoms with Crippen LogP contribution in [-0.4, -0.2) is 36.6 Å². The Morgan fingerprint density at radius 3 is 2.54 bits per heavy atom. The number of amides is 1. The van der Waals surface area contributed by atoms with Crippen molar-refractivity contribution in [1.29, 1.82) is 0 Å². The van der Waals surface area contributed by atoms with Crippen LogP contribution in [0.2, 0.25) is 0 Å². The number of hydrogen-bond donors (Lipinski definition) is 1. The summed E-state index contributed by atoms with van der Waals surface area (Å²) in [6, 6.07) is 2.95. The number of nitrogens with one attached hydrogen (secondary N) is 1. The minimum atomic E-state index is -0.952. The van der Waals surface area contributed by atoms with Gasteiger partial charge in [-0.1, -0.05) is 12.1 Å². The van der Waals surface area contributed by atoms with E-state index in [1.165, 1.54) is 19.2 Å². The summed E-state index contributed by atoms with van der Waals surface area (Å²) in [4.78, 5) is 23.5. The van der Waals surface area contributed by atoms with E-state index in [0.29, 0.717) is 0 Å². The molecule has 0 aliphatic rings. The second kappa shape index (κ2) is 8.86. The second-order valence-electron chi connectivity index (χ2n) is 5.95. The number of alkyl carbamates (subject to hydrolysis) is 1. The summed E-state index contributed by atoms with van der Waals surface area (Å²) in [5.41, 5.74) is -0.524. The van der Waals surface area contributed by atoms with Crippen LogP contribution in [0.15, 0.2) is 18.2 Å². The molecule has 1 aromatic rings. The van der Waals surface area contributed by atoms with Gasteiger partial charge < -0.3 is 14.8 Å². The van der Waals surface area contributed by atoms with Crippen LogP contribution in [0.25, 0.3) is 0 Å². The molecule has 24 heavy (non-hydrogen) atoms. The molecule has 0 saturated heterocycles. The predicted molar refractivity (Wildman–Crippen MR) is 87.7 cm³/mol. The third-order valence-corrected chi connectivity index (χ3v) is 3.83. The molecule has 8 heteroatoms. The van der Waals surface area contributed by atoms with E-state index in [0.717, 1.165) is 17.8 Å². The topological polar surface area (TPSA) is 64.6 Å². The summed E-state index contributed by atoms with van der Waals surface area (Å²) in [7, 11) is 1.20. The van der Waals surface area contributed by atoms with Gasteiger partial charge in [-0.3, -0.25) is 0 Å². The van der Waals surface area contributed by atoms with Gasteiger partial charge in [0.1, 0.15) is 11.6 Å². The Balaban J connectivity index is 2.62. The zero-order chi connectivity index (χ0) is 18.3.